The number of amides is 1. The van der Waals surface area contributed by atoms with E-state index in [9.17, 15) is 4.79 Å². The summed E-state index contributed by atoms with van der Waals surface area (Å²) in [6, 6.07) is 3.61. The summed E-state index contributed by atoms with van der Waals surface area (Å²) in [5.74, 6) is 1.98. The van der Waals surface area contributed by atoms with Crippen LogP contribution in [-0.2, 0) is 0 Å². The highest BCUT2D eigenvalue weighted by atomic mass is 35.5. The van der Waals surface area contributed by atoms with Crippen molar-refractivity contribution >= 4 is 23.0 Å². The Labute approximate surface area is 147 Å². The molecule has 1 aliphatic heterocycles. The quantitative estimate of drug-likeness (QED) is 0.836. The van der Waals surface area contributed by atoms with Crippen molar-refractivity contribution in [3.05, 3.63) is 35.4 Å². The number of rotatable bonds is 5. The van der Waals surface area contributed by atoms with Gasteiger partial charge in [-0.2, -0.15) is 0 Å². The summed E-state index contributed by atoms with van der Waals surface area (Å²) < 4.78 is 1.82. The number of fused-ring (bicyclic) bond motifs is 1. The van der Waals surface area contributed by atoms with Crippen molar-refractivity contribution in [3.63, 3.8) is 0 Å². The Hall–Kier alpha value is -1.59. The maximum absolute atomic E-state index is 12.8. The first-order chi connectivity index (χ1) is 11.6. The molecule has 1 aliphatic carbocycles. The molecule has 1 amide bonds. The van der Waals surface area contributed by atoms with Gasteiger partial charge in [0.15, 0.2) is 0 Å². The number of hydrogen-bond donors (Lipinski definition) is 0. The van der Waals surface area contributed by atoms with Crippen LogP contribution in [0.3, 0.4) is 0 Å². The normalized spacial score (nSPS) is 21.1. The Balaban J connectivity index is 1.41. The van der Waals surface area contributed by atoms with E-state index in [0.717, 1.165) is 37.5 Å². The van der Waals surface area contributed by atoms with E-state index in [2.05, 4.69) is 16.9 Å². The summed E-state index contributed by atoms with van der Waals surface area (Å²) in [4.78, 5) is 21.5. The molecule has 2 fully saturated rings. The lowest BCUT2D eigenvalue weighted by molar-refractivity contribution is 0.0771. The van der Waals surface area contributed by atoms with Crippen molar-refractivity contribution in [1.82, 2.24) is 19.2 Å². The molecule has 128 valence electrons. The smallest absolute Gasteiger partial charge is 0.290 e. The average molecular weight is 347 g/mol. The molecular weight excluding hydrogens is 324 g/mol. The number of likely N-dealkylation sites (tertiary alicyclic amines) is 1. The minimum absolute atomic E-state index is 0.0182. The summed E-state index contributed by atoms with van der Waals surface area (Å²) >= 11 is 6.00. The Morgan fingerprint density at radius 2 is 2.12 bits per heavy atom. The first-order valence-corrected chi connectivity index (χ1v) is 9.08. The topological polar surface area (TPSA) is 40.8 Å². The molecule has 1 saturated heterocycles. The van der Waals surface area contributed by atoms with E-state index < -0.39 is 0 Å². The fourth-order valence-electron chi connectivity index (χ4n) is 3.69. The number of nitrogens with zero attached hydrogens (tertiary/aromatic N) is 4. The van der Waals surface area contributed by atoms with Crippen molar-refractivity contribution in [1.29, 1.82) is 0 Å². The fraction of sp³-hybridized carbons (Fsp3) is 0.556. The minimum atomic E-state index is 0.0182. The van der Waals surface area contributed by atoms with E-state index in [1.165, 1.54) is 19.4 Å². The van der Waals surface area contributed by atoms with Gasteiger partial charge in [0.1, 0.15) is 0 Å². The van der Waals surface area contributed by atoms with Crippen molar-refractivity contribution in [3.8, 4) is 0 Å². The van der Waals surface area contributed by atoms with Crippen LogP contribution in [0.25, 0.3) is 5.52 Å². The van der Waals surface area contributed by atoms with Gasteiger partial charge < -0.3 is 9.80 Å². The van der Waals surface area contributed by atoms with Gasteiger partial charge >= 0.3 is 0 Å². The van der Waals surface area contributed by atoms with Gasteiger partial charge in [0, 0.05) is 37.4 Å². The molecule has 6 heteroatoms. The maximum atomic E-state index is 12.8. The number of aromatic nitrogens is 2. The third-order valence-corrected chi connectivity index (χ3v) is 5.33. The Bertz CT molecular complexity index is 755. The number of carbonyl (C=O) groups is 1. The van der Waals surface area contributed by atoms with Crippen molar-refractivity contribution < 1.29 is 4.79 Å². The SMILES string of the molecule is CN(CC1CC1)CC1CCN(C(=O)c2ncc3cc(Cl)ccn23)C1. The van der Waals surface area contributed by atoms with Crippen LogP contribution < -0.4 is 0 Å². The largest absolute Gasteiger partial charge is 0.336 e. The average Bonchev–Trinajstić information content (AvgIpc) is 3.08. The highest BCUT2D eigenvalue weighted by Crippen LogP contribution is 2.30. The lowest BCUT2D eigenvalue weighted by Crippen LogP contribution is -2.33. The molecule has 2 aliphatic rings. The Morgan fingerprint density at radius 1 is 1.33 bits per heavy atom. The third-order valence-electron chi connectivity index (χ3n) is 5.10. The number of carbonyl (C=O) groups excluding carboxylic acids is 1. The molecule has 0 N–H and O–H groups in total. The standard InChI is InChI=1S/C18H23ClN4O/c1-21(10-13-2-3-13)11-14-4-6-22(12-14)18(24)17-20-9-16-8-15(19)5-7-23(16)17/h5,7-9,13-14H,2-4,6,10-12H2,1H3. The van der Waals surface area contributed by atoms with Crippen LogP contribution in [0.5, 0.6) is 0 Å². The molecule has 4 rings (SSSR count). The molecule has 1 saturated carbocycles. The lowest BCUT2D eigenvalue weighted by atomic mass is 10.1. The predicted molar refractivity (Wildman–Crippen MR) is 94.4 cm³/mol. The number of imidazole rings is 1. The first kappa shape index (κ1) is 15.9. The van der Waals surface area contributed by atoms with Gasteiger partial charge in [-0.25, -0.2) is 4.98 Å². The van der Waals surface area contributed by atoms with Gasteiger partial charge in [0.2, 0.25) is 5.82 Å². The van der Waals surface area contributed by atoms with E-state index in [1.807, 2.05) is 21.6 Å². The second-order valence-corrected chi connectivity index (χ2v) is 7.73. The summed E-state index contributed by atoms with van der Waals surface area (Å²) in [6.45, 7) is 3.94. The molecule has 5 nitrogen and oxygen atoms in total. The lowest BCUT2D eigenvalue weighted by Gasteiger charge is -2.21. The van der Waals surface area contributed by atoms with E-state index in [0.29, 0.717) is 16.8 Å². The van der Waals surface area contributed by atoms with Crippen LogP contribution >= 0.6 is 11.6 Å². The van der Waals surface area contributed by atoms with Gasteiger partial charge in [0.05, 0.1) is 11.7 Å². The highest BCUT2D eigenvalue weighted by molar-refractivity contribution is 6.30. The van der Waals surface area contributed by atoms with Crippen molar-refractivity contribution in [2.45, 2.75) is 19.3 Å². The molecule has 2 aromatic rings. The Morgan fingerprint density at radius 3 is 2.92 bits per heavy atom. The van der Waals surface area contributed by atoms with Crippen LogP contribution in [0.15, 0.2) is 24.5 Å². The van der Waals surface area contributed by atoms with Crippen LogP contribution in [0.1, 0.15) is 29.9 Å². The van der Waals surface area contributed by atoms with Crippen molar-refractivity contribution in [2.24, 2.45) is 11.8 Å². The molecule has 1 unspecified atom stereocenters. The number of hydrogen-bond acceptors (Lipinski definition) is 3. The molecular formula is C18H23ClN4O. The first-order valence-electron chi connectivity index (χ1n) is 8.70. The van der Waals surface area contributed by atoms with Gasteiger partial charge in [-0.15, -0.1) is 0 Å². The van der Waals surface area contributed by atoms with E-state index >= 15 is 0 Å². The molecule has 1 atom stereocenters. The monoisotopic (exact) mass is 346 g/mol. The van der Waals surface area contributed by atoms with Crippen LogP contribution in [0.4, 0.5) is 0 Å². The molecule has 0 radical (unpaired) electrons. The second kappa shape index (κ2) is 6.37. The van der Waals surface area contributed by atoms with Gasteiger partial charge in [-0.05, 0) is 50.3 Å². The molecule has 0 aromatic carbocycles. The summed E-state index contributed by atoms with van der Waals surface area (Å²) in [5, 5.41) is 0.654. The molecule has 24 heavy (non-hydrogen) atoms. The van der Waals surface area contributed by atoms with Crippen molar-refractivity contribution in [2.75, 3.05) is 33.2 Å². The maximum Gasteiger partial charge on any atom is 0.290 e. The van der Waals surface area contributed by atoms with E-state index in [4.69, 9.17) is 11.6 Å². The summed E-state index contributed by atoms with van der Waals surface area (Å²) in [6.07, 6.45) is 7.37. The zero-order valence-electron chi connectivity index (χ0n) is 14.0. The third kappa shape index (κ3) is 3.28. The van der Waals surface area contributed by atoms with Crippen LogP contribution in [-0.4, -0.2) is 58.3 Å². The molecule has 3 heterocycles. The van der Waals surface area contributed by atoms with Gasteiger partial charge in [0.25, 0.3) is 5.91 Å². The molecule has 2 aromatic heterocycles. The number of pyridine rings is 1. The summed E-state index contributed by atoms with van der Waals surface area (Å²) in [7, 11) is 2.20. The second-order valence-electron chi connectivity index (χ2n) is 7.29. The fourth-order valence-corrected chi connectivity index (χ4v) is 3.86. The number of halogens is 1. The van der Waals surface area contributed by atoms with E-state index in [1.54, 1.807) is 12.3 Å². The minimum Gasteiger partial charge on any atom is -0.336 e. The highest BCUT2D eigenvalue weighted by Gasteiger charge is 2.30. The summed E-state index contributed by atoms with van der Waals surface area (Å²) in [5.41, 5.74) is 0.853. The van der Waals surface area contributed by atoms with Gasteiger partial charge in [-0.1, -0.05) is 11.6 Å². The molecule has 0 spiro atoms. The molecule has 0 bridgehead atoms. The van der Waals surface area contributed by atoms with Gasteiger partial charge in [-0.3, -0.25) is 9.20 Å². The van der Waals surface area contributed by atoms with Crippen LogP contribution in [0.2, 0.25) is 5.02 Å². The Kier molecular flexibility index (Phi) is 4.22. The zero-order valence-corrected chi connectivity index (χ0v) is 14.7. The van der Waals surface area contributed by atoms with E-state index in [-0.39, 0.29) is 5.91 Å². The predicted octanol–water partition coefficient (Wildman–Crippen LogP) is 2.79. The zero-order chi connectivity index (χ0) is 16.7. The van der Waals surface area contributed by atoms with Crippen LogP contribution in [0, 0.1) is 11.8 Å².